The third kappa shape index (κ3) is 5.07. The van der Waals surface area contributed by atoms with Crippen LogP contribution in [0.1, 0.15) is 37.7 Å². The summed E-state index contributed by atoms with van der Waals surface area (Å²) in [5.41, 5.74) is 3.97. The van der Waals surface area contributed by atoms with E-state index in [1.54, 1.807) is 4.90 Å². The van der Waals surface area contributed by atoms with Crippen LogP contribution >= 0.6 is 11.6 Å². The quantitative estimate of drug-likeness (QED) is 0.538. The number of nitrogens with zero attached hydrogens (tertiary/aromatic N) is 2. The number of carboxylic acids is 1. The van der Waals surface area contributed by atoms with Gasteiger partial charge in [0.2, 0.25) is 0 Å². The van der Waals surface area contributed by atoms with Gasteiger partial charge in [0.05, 0.1) is 18.4 Å². The molecule has 0 amide bonds. The minimum Gasteiger partial charge on any atom is -0.480 e. The first-order valence-corrected chi connectivity index (χ1v) is 9.17. The van der Waals surface area contributed by atoms with Crippen molar-refractivity contribution in [3.63, 3.8) is 0 Å². The molecule has 1 aromatic rings. The van der Waals surface area contributed by atoms with E-state index in [4.69, 9.17) is 25.2 Å². The van der Waals surface area contributed by atoms with Crippen LogP contribution in [0.3, 0.4) is 0 Å². The van der Waals surface area contributed by atoms with Crippen molar-refractivity contribution in [1.82, 2.24) is 4.98 Å². The molecule has 1 fully saturated rings. The van der Waals surface area contributed by atoms with Crippen molar-refractivity contribution >= 4 is 31.2 Å². The first-order chi connectivity index (χ1) is 12.6. The van der Waals surface area contributed by atoms with E-state index in [0.29, 0.717) is 51.5 Å². The summed E-state index contributed by atoms with van der Waals surface area (Å²) in [6, 6.07) is 0.854. The van der Waals surface area contributed by atoms with E-state index in [9.17, 15) is 23.1 Å². The molecular formula is C17H22BClF3N3O2. The number of anilines is 1. The summed E-state index contributed by atoms with van der Waals surface area (Å²) in [5, 5.41) is 9.53. The first kappa shape index (κ1) is 21.8. The van der Waals surface area contributed by atoms with Gasteiger partial charge in [-0.3, -0.25) is 4.79 Å². The Morgan fingerprint density at radius 2 is 2.00 bits per heavy atom. The first-order valence-electron chi connectivity index (χ1n) is 8.79. The highest BCUT2D eigenvalue weighted by Gasteiger charge is 2.43. The number of halogens is 4. The topological polar surface area (TPSA) is 79.5 Å². The molecule has 2 rings (SSSR count). The van der Waals surface area contributed by atoms with Gasteiger partial charge in [-0.25, -0.2) is 4.98 Å². The highest BCUT2D eigenvalue weighted by Crippen LogP contribution is 2.36. The van der Waals surface area contributed by atoms with Crippen LogP contribution in [0, 0.1) is 5.92 Å². The molecule has 1 atom stereocenters. The van der Waals surface area contributed by atoms with Crippen LogP contribution in [0.15, 0.2) is 12.3 Å². The fourth-order valence-electron chi connectivity index (χ4n) is 3.47. The number of nitrogens with two attached hydrogens (primary N) is 1. The lowest BCUT2D eigenvalue weighted by molar-refractivity contribution is -0.146. The average Bonchev–Trinajstić information content (AvgIpc) is 2.61. The molecule has 0 bridgehead atoms. The standard InChI is InChI=1S/C17H22BClF3N3O2/c18-6-2-1-5-16(23,15(26)27)11-3-7-25(8-4-11)14-13(19)9-12(10-24-14)17(20,21)22/h9-11H,1-8,23H2,(H,26,27). The minimum atomic E-state index is -4.51. The molecule has 0 spiro atoms. The maximum Gasteiger partial charge on any atom is 0.417 e. The van der Waals surface area contributed by atoms with Crippen molar-refractivity contribution in [2.24, 2.45) is 11.7 Å². The molecule has 1 saturated heterocycles. The Morgan fingerprint density at radius 1 is 1.37 bits per heavy atom. The smallest absolute Gasteiger partial charge is 0.417 e. The van der Waals surface area contributed by atoms with E-state index >= 15 is 0 Å². The van der Waals surface area contributed by atoms with E-state index in [1.165, 1.54) is 0 Å². The summed E-state index contributed by atoms with van der Waals surface area (Å²) in [6.07, 6.45) is -0.622. The van der Waals surface area contributed by atoms with Crippen LogP contribution in [0.5, 0.6) is 0 Å². The minimum absolute atomic E-state index is 0.0801. The third-order valence-electron chi connectivity index (χ3n) is 5.11. The normalized spacial score (nSPS) is 18.3. The number of rotatable bonds is 7. The summed E-state index contributed by atoms with van der Waals surface area (Å²) in [7, 11) is 5.46. The summed E-state index contributed by atoms with van der Waals surface area (Å²) in [5.74, 6) is -1.01. The van der Waals surface area contributed by atoms with Gasteiger partial charge in [0.25, 0.3) is 0 Å². The molecule has 148 valence electrons. The van der Waals surface area contributed by atoms with Crippen molar-refractivity contribution in [3.05, 3.63) is 22.8 Å². The second-order valence-electron chi connectivity index (χ2n) is 6.88. The molecule has 1 aromatic heterocycles. The number of carbonyl (C=O) groups is 1. The van der Waals surface area contributed by atoms with Gasteiger partial charge in [-0.2, -0.15) is 13.2 Å². The van der Waals surface area contributed by atoms with Gasteiger partial charge >= 0.3 is 12.1 Å². The van der Waals surface area contributed by atoms with Gasteiger partial charge in [0.15, 0.2) is 0 Å². The molecule has 1 aliphatic heterocycles. The summed E-state index contributed by atoms with van der Waals surface area (Å²) in [4.78, 5) is 17.4. The Balaban J connectivity index is 2.07. The van der Waals surface area contributed by atoms with Gasteiger partial charge in [-0.05, 0) is 31.2 Å². The van der Waals surface area contributed by atoms with E-state index < -0.39 is 23.2 Å². The maximum atomic E-state index is 12.7. The third-order valence-corrected chi connectivity index (χ3v) is 5.39. The number of alkyl halides is 3. The SMILES string of the molecule is [B]CCCCC(N)(C(=O)O)C1CCN(c2ncc(C(F)(F)F)cc2Cl)CC1. The lowest BCUT2D eigenvalue weighted by Gasteiger charge is -2.40. The Hall–Kier alpha value is -1.48. The van der Waals surface area contributed by atoms with E-state index in [2.05, 4.69) is 4.98 Å². The van der Waals surface area contributed by atoms with Crippen molar-refractivity contribution in [2.75, 3.05) is 18.0 Å². The Morgan fingerprint density at radius 3 is 2.48 bits per heavy atom. The summed E-state index contributed by atoms with van der Waals surface area (Å²) in [6.45, 7) is 0.845. The Bertz CT molecular complexity index is 669. The average molecular weight is 404 g/mol. The zero-order valence-electron chi connectivity index (χ0n) is 14.8. The predicted molar refractivity (Wildman–Crippen MR) is 98.2 cm³/mol. The maximum absolute atomic E-state index is 12.7. The van der Waals surface area contributed by atoms with Gasteiger partial charge < -0.3 is 15.7 Å². The lowest BCUT2D eigenvalue weighted by atomic mass is 9.75. The Kier molecular flexibility index (Phi) is 7.02. The van der Waals surface area contributed by atoms with Crippen molar-refractivity contribution in [2.45, 2.75) is 50.1 Å². The number of hydrogen-bond acceptors (Lipinski definition) is 4. The molecule has 0 aromatic carbocycles. The van der Waals surface area contributed by atoms with Gasteiger partial charge in [-0.1, -0.05) is 30.8 Å². The lowest BCUT2D eigenvalue weighted by Crippen LogP contribution is -2.57. The molecule has 2 heterocycles. The zero-order chi connectivity index (χ0) is 20.2. The highest BCUT2D eigenvalue weighted by molar-refractivity contribution is 6.33. The fraction of sp³-hybridized carbons (Fsp3) is 0.647. The second-order valence-corrected chi connectivity index (χ2v) is 7.29. The second kappa shape index (κ2) is 8.69. The molecule has 3 N–H and O–H groups in total. The van der Waals surface area contributed by atoms with Crippen LogP contribution < -0.4 is 10.6 Å². The predicted octanol–water partition coefficient (Wildman–Crippen LogP) is 3.51. The number of carboxylic acid groups (broad SMARTS) is 1. The number of aromatic nitrogens is 1. The molecule has 1 unspecified atom stereocenters. The monoisotopic (exact) mass is 403 g/mol. The number of piperidine rings is 1. The van der Waals surface area contributed by atoms with Crippen molar-refractivity contribution in [1.29, 1.82) is 0 Å². The van der Waals surface area contributed by atoms with Crippen LogP contribution in [-0.2, 0) is 11.0 Å². The van der Waals surface area contributed by atoms with Crippen LogP contribution in [-0.4, -0.2) is 42.5 Å². The fourth-order valence-corrected chi connectivity index (χ4v) is 3.76. The van der Waals surface area contributed by atoms with Crippen LogP contribution in [0.4, 0.5) is 19.0 Å². The molecule has 1 aliphatic rings. The zero-order valence-corrected chi connectivity index (χ0v) is 15.6. The molecule has 10 heteroatoms. The van der Waals surface area contributed by atoms with Gasteiger partial charge in [0, 0.05) is 19.3 Å². The van der Waals surface area contributed by atoms with E-state index in [0.717, 1.165) is 12.3 Å². The number of hydrogen-bond donors (Lipinski definition) is 2. The molecule has 27 heavy (non-hydrogen) atoms. The summed E-state index contributed by atoms with van der Waals surface area (Å²) >= 11 is 6.00. The Labute approximate surface area is 162 Å². The highest BCUT2D eigenvalue weighted by atomic mass is 35.5. The van der Waals surface area contributed by atoms with Crippen molar-refractivity contribution < 1.29 is 23.1 Å². The van der Waals surface area contributed by atoms with Crippen molar-refractivity contribution in [3.8, 4) is 0 Å². The van der Waals surface area contributed by atoms with Crippen LogP contribution in [0.2, 0.25) is 11.3 Å². The molecule has 5 nitrogen and oxygen atoms in total. The molecule has 0 aliphatic carbocycles. The van der Waals surface area contributed by atoms with E-state index in [1.807, 2.05) is 0 Å². The van der Waals surface area contributed by atoms with Gasteiger partial charge in [0.1, 0.15) is 11.4 Å². The number of pyridine rings is 1. The van der Waals surface area contributed by atoms with Gasteiger partial charge in [-0.15, -0.1) is 0 Å². The number of aliphatic carboxylic acids is 1. The van der Waals surface area contributed by atoms with E-state index in [-0.39, 0.29) is 16.8 Å². The molecule has 2 radical (unpaired) electrons. The molecule has 0 saturated carbocycles. The molecular weight excluding hydrogens is 381 g/mol. The largest absolute Gasteiger partial charge is 0.480 e. The van der Waals surface area contributed by atoms with Crippen LogP contribution in [0.25, 0.3) is 0 Å². The summed E-state index contributed by atoms with van der Waals surface area (Å²) < 4.78 is 38.2. The number of unbranched alkanes of at least 4 members (excludes halogenated alkanes) is 1.